The Balaban J connectivity index is 1.39. The molecule has 2 unspecified atom stereocenters. The highest BCUT2D eigenvalue weighted by Gasteiger charge is 2.40. The second kappa shape index (κ2) is 6.25. The van der Waals surface area contributed by atoms with Gasteiger partial charge < -0.3 is 15.3 Å². The van der Waals surface area contributed by atoms with Gasteiger partial charge >= 0.3 is 0 Å². The Morgan fingerprint density at radius 2 is 1.86 bits per heavy atom. The van der Waals surface area contributed by atoms with Crippen molar-refractivity contribution in [3.05, 3.63) is 0 Å². The third-order valence-electron chi connectivity index (χ3n) is 5.68. The number of β-amino-alcohol motifs (C(OH)–C–C–N with tert-alkyl or cyclic N) is 1. The molecular weight excluding hydrogens is 264 g/mol. The number of amides is 1. The van der Waals surface area contributed by atoms with E-state index in [2.05, 4.69) is 17.1 Å². The first kappa shape index (κ1) is 15.3. The summed E-state index contributed by atoms with van der Waals surface area (Å²) in [6.07, 6.45) is 8.66. The van der Waals surface area contributed by atoms with Crippen molar-refractivity contribution in [3.8, 4) is 0 Å². The highest BCUT2D eigenvalue weighted by atomic mass is 16.3. The van der Waals surface area contributed by atoms with Gasteiger partial charge in [0.1, 0.15) is 0 Å². The second-order valence-corrected chi connectivity index (χ2v) is 7.66. The van der Waals surface area contributed by atoms with Gasteiger partial charge in [-0.25, -0.2) is 0 Å². The summed E-state index contributed by atoms with van der Waals surface area (Å²) in [6.45, 7) is 4.99. The fourth-order valence-corrected chi connectivity index (χ4v) is 4.02. The Kier molecular flexibility index (Phi) is 4.55. The largest absolute Gasteiger partial charge is 0.389 e. The maximum atomic E-state index is 12.0. The third kappa shape index (κ3) is 3.98. The van der Waals surface area contributed by atoms with Gasteiger partial charge in [0.2, 0.25) is 5.91 Å². The smallest absolute Gasteiger partial charge is 0.223 e. The molecule has 3 fully saturated rings. The molecular formula is C17H30N2O2. The quantitative estimate of drug-likeness (QED) is 0.833. The molecule has 1 aliphatic heterocycles. The molecule has 0 bridgehead atoms. The zero-order chi connectivity index (χ0) is 14.9. The Bertz CT molecular complexity index is 371. The lowest BCUT2D eigenvalue weighted by Gasteiger charge is -2.40. The number of likely N-dealkylation sites (tertiary alicyclic amines) is 1. The number of hydrogen-bond donors (Lipinski definition) is 2. The van der Waals surface area contributed by atoms with Crippen LogP contribution in [0.15, 0.2) is 0 Å². The van der Waals surface area contributed by atoms with E-state index in [0.29, 0.717) is 12.0 Å². The van der Waals surface area contributed by atoms with E-state index in [4.69, 9.17) is 0 Å². The highest BCUT2D eigenvalue weighted by molar-refractivity contribution is 5.81. The van der Waals surface area contributed by atoms with Gasteiger partial charge in [-0.1, -0.05) is 26.2 Å². The number of carbonyl (C=O) groups excluding carboxylic acids is 1. The van der Waals surface area contributed by atoms with Gasteiger partial charge in [0.15, 0.2) is 0 Å². The topological polar surface area (TPSA) is 52.6 Å². The molecule has 0 aromatic carbocycles. The molecule has 2 atom stereocenters. The number of rotatable bonds is 4. The maximum absolute atomic E-state index is 12.0. The normalized spacial score (nSPS) is 33.6. The number of hydrogen-bond acceptors (Lipinski definition) is 3. The van der Waals surface area contributed by atoms with Crippen molar-refractivity contribution >= 4 is 5.91 Å². The Morgan fingerprint density at radius 3 is 2.43 bits per heavy atom. The Labute approximate surface area is 128 Å². The molecule has 3 aliphatic rings. The molecule has 2 saturated carbocycles. The molecule has 0 radical (unpaired) electrons. The van der Waals surface area contributed by atoms with Crippen molar-refractivity contribution in [2.45, 2.75) is 69.9 Å². The van der Waals surface area contributed by atoms with Crippen molar-refractivity contribution in [2.24, 2.45) is 11.8 Å². The van der Waals surface area contributed by atoms with Crippen LogP contribution in [-0.4, -0.2) is 47.2 Å². The monoisotopic (exact) mass is 294 g/mol. The van der Waals surface area contributed by atoms with E-state index in [-0.39, 0.29) is 11.8 Å². The third-order valence-corrected chi connectivity index (χ3v) is 5.68. The number of nitrogens with one attached hydrogen (secondary N) is 1. The van der Waals surface area contributed by atoms with Gasteiger partial charge in [-0.2, -0.15) is 0 Å². The molecule has 3 rings (SSSR count). The van der Waals surface area contributed by atoms with Crippen LogP contribution in [0.25, 0.3) is 0 Å². The summed E-state index contributed by atoms with van der Waals surface area (Å²) in [5.74, 6) is 1.14. The molecule has 1 amide bonds. The second-order valence-electron chi connectivity index (χ2n) is 7.66. The van der Waals surface area contributed by atoms with Crippen LogP contribution < -0.4 is 5.32 Å². The molecule has 4 heteroatoms. The number of carbonyl (C=O) groups is 1. The Morgan fingerprint density at radius 1 is 1.24 bits per heavy atom. The summed E-state index contributed by atoms with van der Waals surface area (Å²) in [7, 11) is 0. The first-order valence-electron chi connectivity index (χ1n) is 8.81. The first-order chi connectivity index (χ1) is 10.1. The van der Waals surface area contributed by atoms with Gasteiger partial charge in [0.25, 0.3) is 0 Å². The lowest BCUT2D eigenvalue weighted by atomic mass is 9.84. The zero-order valence-corrected chi connectivity index (χ0v) is 13.3. The van der Waals surface area contributed by atoms with E-state index >= 15 is 0 Å². The lowest BCUT2D eigenvalue weighted by molar-refractivity contribution is -0.123. The summed E-state index contributed by atoms with van der Waals surface area (Å²) in [4.78, 5) is 14.4. The van der Waals surface area contributed by atoms with Crippen LogP contribution in [0.4, 0.5) is 0 Å². The van der Waals surface area contributed by atoms with Crippen molar-refractivity contribution in [2.75, 3.05) is 19.6 Å². The summed E-state index contributed by atoms with van der Waals surface area (Å²) in [5.41, 5.74) is -0.447. The molecule has 4 nitrogen and oxygen atoms in total. The fraction of sp³-hybridized carbons (Fsp3) is 0.941. The maximum Gasteiger partial charge on any atom is 0.223 e. The van der Waals surface area contributed by atoms with E-state index in [0.717, 1.165) is 51.7 Å². The molecule has 1 saturated heterocycles. The first-order valence-corrected chi connectivity index (χ1v) is 8.81. The minimum absolute atomic E-state index is 0.270. The van der Waals surface area contributed by atoms with E-state index in [1.54, 1.807) is 0 Å². The van der Waals surface area contributed by atoms with Crippen LogP contribution in [0.3, 0.4) is 0 Å². The molecule has 2 aliphatic carbocycles. The van der Waals surface area contributed by atoms with Gasteiger partial charge in [-0.3, -0.25) is 4.79 Å². The zero-order valence-electron chi connectivity index (χ0n) is 13.3. The molecule has 2 N–H and O–H groups in total. The number of piperidine rings is 1. The Hall–Kier alpha value is -0.610. The summed E-state index contributed by atoms with van der Waals surface area (Å²) in [5, 5.41) is 13.9. The standard InChI is InChI=1S/C17H30N2O2/c1-13-11-15(13)16(20)18-14-5-9-19(10-6-14)12-17(21)7-3-2-4-8-17/h13-15,21H,2-12H2,1H3,(H,18,20). The van der Waals surface area contributed by atoms with Crippen molar-refractivity contribution in [3.63, 3.8) is 0 Å². The minimum Gasteiger partial charge on any atom is -0.389 e. The summed E-state index contributed by atoms with van der Waals surface area (Å²) in [6, 6.07) is 0.350. The average molecular weight is 294 g/mol. The van der Waals surface area contributed by atoms with E-state index < -0.39 is 5.60 Å². The van der Waals surface area contributed by atoms with Crippen LogP contribution in [0, 0.1) is 11.8 Å². The van der Waals surface area contributed by atoms with Gasteiger partial charge in [0.05, 0.1) is 5.60 Å². The molecule has 0 aromatic heterocycles. The average Bonchev–Trinajstić information content (AvgIpc) is 3.19. The molecule has 21 heavy (non-hydrogen) atoms. The van der Waals surface area contributed by atoms with Crippen molar-refractivity contribution in [1.82, 2.24) is 10.2 Å². The number of nitrogens with zero attached hydrogens (tertiary/aromatic N) is 1. The van der Waals surface area contributed by atoms with Gasteiger partial charge in [0, 0.05) is 31.6 Å². The summed E-state index contributed by atoms with van der Waals surface area (Å²) < 4.78 is 0. The molecule has 0 spiro atoms. The van der Waals surface area contributed by atoms with Crippen LogP contribution in [0.2, 0.25) is 0 Å². The van der Waals surface area contributed by atoms with Crippen molar-refractivity contribution in [1.29, 1.82) is 0 Å². The minimum atomic E-state index is -0.447. The highest BCUT2D eigenvalue weighted by Crippen LogP contribution is 2.38. The summed E-state index contributed by atoms with van der Waals surface area (Å²) >= 11 is 0. The molecule has 120 valence electrons. The fourth-order valence-electron chi connectivity index (χ4n) is 4.02. The van der Waals surface area contributed by atoms with Crippen LogP contribution in [0.5, 0.6) is 0 Å². The predicted octanol–water partition coefficient (Wildman–Crippen LogP) is 1.92. The van der Waals surface area contributed by atoms with E-state index in [9.17, 15) is 9.90 Å². The van der Waals surface area contributed by atoms with E-state index in [1.165, 1.54) is 19.3 Å². The lowest BCUT2D eigenvalue weighted by Crippen LogP contribution is -2.50. The predicted molar refractivity (Wildman–Crippen MR) is 82.9 cm³/mol. The van der Waals surface area contributed by atoms with Crippen LogP contribution in [0.1, 0.15) is 58.3 Å². The van der Waals surface area contributed by atoms with E-state index in [1.807, 2.05) is 0 Å². The van der Waals surface area contributed by atoms with Crippen LogP contribution in [-0.2, 0) is 4.79 Å². The number of aliphatic hydroxyl groups is 1. The van der Waals surface area contributed by atoms with Gasteiger partial charge in [-0.05, 0) is 38.0 Å². The van der Waals surface area contributed by atoms with Gasteiger partial charge in [-0.15, -0.1) is 0 Å². The van der Waals surface area contributed by atoms with Crippen molar-refractivity contribution < 1.29 is 9.90 Å². The molecule has 0 aromatic rings. The van der Waals surface area contributed by atoms with Crippen LogP contribution >= 0.6 is 0 Å². The molecule has 1 heterocycles. The SMILES string of the molecule is CC1CC1C(=O)NC1CCN(CC2(O)CCCCC2)CC1.